The summed E-state index contributed by atoms with van der Waals surface area (Å²) < 4.78 is 5.67. The van der Waals surface area contributed by atoms with E-state index in [0.717, 1.165) is 6.42 Å². The van der Waals surface area contributed by atoms with Crippen LogP contribution in [0, 0.1) is 0 Å². The van der Waals surface area contributed by atoms with Crippen molar-refractivity contribution in [1.82, 2.24) is 0 Å². The van der Waals surface area contributed by atoms with Gasteiger partial charge in [-0.3, -0.25) is 9.59 Å². The highest BCUT2D eigenvalue weighted by Gasteiger charge is 2.10. The molecule has 0 aliphatic heterocycles. The molecular formula is C15H15BrN2O3. The lowest BCUT2D eigenvalue weighted by atomic mass is 10.2. The van der Waals surface area contributed by atoms with Crippen molar-refractivity contribution < 1.29 is 14.0 Å². The topological polar surface area (TPSA) is 71.3 Å². The Morgan fingerprint density at radius 3 is 2.19 bits per heavy atom. The molecule has 0 radical (unpaired) electrons. The van der Waals surface area contributed by atoms with Gasteiger partial charge in [0.15, 0.2) is 10.4 Å². The van der Waals surface area contributed by atoms with Crippen molar-refractivity contribution in [2.45, 2.75) is 19.8 Å². The van der Waals surface area contributed by atoms with Crippen molar-refractivity contribution in [3.8, 4) is 0 Å². The Labute approximate surface area is 130 Å². The molecule has 0 aliphatic rings. The quantitative estimate of drug-likeness (QED) is 0.854. The average molecular weight is 351 g/mol. The molecule has 0 saturated heterocycles. The van der Waals surface area contributed by atoms with Crippen molar-refractivity contribution in [1.29, 1.82) is 0 Å². The first-order valence-electron chi connectivity index (χ1n) is 6.55. The van der Waals surface area contributed by atoms with Gasteiger partial charge in [0.1, 0.15) is 0 Å². The van der Waals surface area contributed by atoms with Gasteiger partial charge < -0.3 is 15.1 Å². The van der Waals surface area contributed by atoms with Gasteiger partial charge in [-0.1, -0.05) is 6.92 Å². The molecule has 2 rings (SSSR count). The molecule has 2 N–H and O–H groups in total. The highest BCUT2D eigenvalue weighted by molar-refractivity contribution is 9.10. The Morgan fingerprint density at radius 1 is 1.05 bits per heavy atom. The number of rotatable bonds is 5. The monoisotopic (exact) mass is 350 g/mol. The molecule has 0 saturated carbocycles. The highest BCUT2D eigenvalue weighted by Crippen LogP contribution is 2.17. The van der Waals surface area contributed by atoms with Crippen LogP contribution in [0.25, 0.3) is 0 Å². The van der Waals surface area contributed by atoms with Crippen LogP contribution in [0.15, 0.2) is 45.5 Å². The zero-order chi connectivity index (χ0) is 15.2. The van der Waals surface area contributed by atoms with Crippen LogP contribution in [0.3, 0.4) is 0 Å². The van der Waals surface area contributed by atoms with Crippen molar-refractivity contribution >= 4 is 39.1 Å². The second-order valence-electron chi connectivity index (χ2n) is 4.43. The lowest BCUT2D eigenvalue weighted by Gasteiger charge is -2.06. The summed E-state index contributed by atoms with van der Waals surface area (Å²) in [6.07, 6.45) is 1.30. The molecule has 110 valence electrons. The molecule has 0 spiro atoms. The van der Waals surface area contributed by atoms with E-state index in [-0.39, 0.29) is 17.6 Å². The molecular weight excluding hydrogens is 336 g/mol. The zero-order valence-electron chi connectivity index (χ0n) is 11.5. The highest BCUT2D eigenvalue weighted by atomic mass is 79.9. The second kappa shape index (κ2) is 7.08. The normalized spacial score (nSPS) is 10.2. The molecule has 0 bridgehead atoms. The van der Waals surface area contributed by atoms with E-state index in [9.17, 15) is 9.59 Å². The van der Waals surface area contributed by atoms with Crippen LogP contribution in [-0.2, 0) is 4.79 Å². The average Bonchev–Trinajstić information content (AvgIpc) is 2.88. The second-order valence-corrected chi connectivity index (χ2v) is 5.21. The van der Waals surface area contributed by atoms with Crippen LogP contribution in [-0.4, -0.2) is 11.8 Å². The van der Waals surface area contributed by atoms with Gasteiger partial charge in [0.2, 0.25) is 5.91 Å². The Bertz CT molecular complexity index is 635. The molecule has 2 amide bonds. The Morgan fingerprint density at radius 2 is 1.67 bits per heavy atom. The number of benzene rings is 1. The zero-order valence-corrected chi connectivity index (χ0v) is 13.1. The van der Waals surface area contributed by atoms with Gasteiger partial charge in [0, 0.05) is 17.8 Å². The van der Waals surface area contributed by atoms with E-state index in [1.807, 2.05) is 6.92 Å². The minimum absolute atomic E-state index is 0.0188. The number of hydrogen-bond acceptors (Lipinski definition) is 3. The predicted molar refractivity (Wildman–Crippen MR) is 84.3 cm³/mol. The molecule has 1 aromatic heterocycles. The Hall–Kier alpha value is -2.08. The van der Waals surface area contributed by atoms with Gasteiger partial charge in [0.05, 0.1) is 0 Å². The molecule has 5 nitrogen and oxygen atoms in total. The number of carbonyl (C=O) groups excluding carboxylic acids is 2. The summed E-state index contributed by atoms with van der Waals surface area (Å²) in [5.41, 5.74) is 1.33. The first kappa shape index (κ1) is 15.3. The molecule has 2 aromatic rings. The van der Waals surface area contributed by atoms with Gasteiger partial charge in [-0.05, 0) is 58.7 Å². The fourth-order valence-corrected chi connectivity index (χ4v) is 2.02. The minimum atomic E-state index is -0.330. The van der Waals surface area contributed by atoms with Crippen molar-refractivity contribution in [3.05, 3.63) is 46.8 Å². The number of anilines is 2. The number of halogens is 1. The van der Waals surface area contributed by atoms with Crippen LogP contribution in [0.5, 0.6) is 0 Å². The number of amides is 2. The molecule has 6 heteroatoms. The number of nitrogens with one attached hydrogen (secondary N) is 2. The van der Waals surface area contributed by atoms with Crippen molar-refractivity contribution in [3.63, 3.8) is 0 Å². The summed E-state index contributed by atoms with van der Waals surface area (Å²) in [6.45, 7) is 1.95. The summed E-state index contributed by atoms with van der Waals surface area (Å²) in [5.74, 6) is -0.125. The maximum atomic E-state index is 11.9. The summed E-state index contributed by atoms with van der Waals surface area (Å²) in [7, 11) is 0. The summed E-state index contributed by atoms with van der Waals surface area (Å²) in [6, 6.07) is 10.2. The van der Waals surface area contributed by atoms with E-state index < -0.39 is 0 Å². The lowest BCUT2D eigenvalue weighted by Crippen LogP contribution is -2.12. The molecule has 0 aliphatic carbocycles. The smallest absolute Gasteiger partial charge is 0.291 e. The third kappa shape index (κ3) is 4.46. The van der Waals surface area contributed by atoms with Crippen LogP contribution >= 0.6 is 15.9 Å². The first-order valence-corrected chi connectivity index (χ1v) is 7.34. The van der Waals surface area contributed by atoms with Gasteiger partial charge in [-0.25, -0.2) is 0 Å². The Kier molecular flexibility index (Phi) is 5.16. The summed E-state index contributed by atoms with van der Waals surface area (Å²) in [5, 5.41) is 5.49. The van der Waals surface area contributed by atoms with Gasteiger partial charge >= 0.3 is 0 Å². The van der Waals surface area contributed by atoms with Gasteiger partial charge in [-0.2, -0.15) is 0 Å². The first-order chi connectivity index (χ1) is 10.1. The van der Waals surface area contributed by atoms with Crippen molar-refractivity contribution in [2.75, 3.05) is 10.6 Å². The largest absolute Gasteiger partial charge is 0.444 e. The van der Waals surface area contributed by atoms with E-state index in [1.54, 1.807) is 36.4 Å². The number of carbonyl (C=O) groups is 2. The van der Waals surface area contributed by atoms with Gasteiger partial charge in [0.25, 0.3) is 5.91 Å². The molecule has 1 aromatic carbocycles. The molecule has 0 unspecified atom stereocenters. The van der Waals surface area contributed by atoms with E-state index in [2.05, 4.69) is 26.6 Å². The van der Waals surface area contributed by atoms with E-state index in [4.69, 9.17) is 4.42 Å². The van der Waals surface area contributed by atoms with E-state index in [1.165, 1.54) is 0 Å². The van der Waals surface area contributed by atoms with Crippen LogP contribution in [0.2, 0.25) is 0 Å². The number of hydrogen-bond donors (Lipinski definition) is 2. The fourth-order valence-electron chi connectivity index (χ4n) is 1.72. The number of furan rings is 1. The molecule has 1 heterocycles. The van der Waals surface area contributed by atoms with Gasteiger partial charge in [-0.15, -0.1) is 0 Å². The third-order valence-corrected chi connectivity index (χ3v) is 3.13. The summed E-state index contributed by atoms with van der Waals surface area (Å²) in [4.78, 5) is 23.3. The molecule has 0 fully saturated rings. The maximum absolute atomic E-state index is 11.9. The molecule has 21 heavy (non-hydrogen) atoms. The summed E-state index contributed by atoms with van der Waals surface area (Å²) >= 11 is 3.14. The predicted octanol–water partition coefficient (Wildman–Crippen LogP) is 4.03. The lowest BCUT2D eigenvalue weighted by molar-refractivity contribution is -0.116. The van der Waals surface area contributed by atoms with E-state index in [0.29, 0.717) is 22.5 Å². The minimum Gasteiger partial charge on any atom is -0.444 e. The van der Waals surface area contributed by atoms with Crippen LogP contribution in [0.1, 0.15) is 30.3 Å². The third-order valence-electron chi connectivity index (χ3n) is 2.70. The van der Waals surface area contributed by atoms with E-state index >= 15 is 0 Å². The maximum Gasteiger partial charge on any atom is 0.291 e. The SMILES string of the molecule is CCCC(=O)Nc1ccc(NC(=O)c2ccc(Br)o2)cc1. The van der Waals surface area contributed by atoms with Crippen LogP contribution < -0.4 is 10.6 Å². The molecule has 0 atom stereocenters. The van der Waals surface area contributed by atoms with Crippen molar-refractivity contribution in [2.24, 2.45) is 0 Å². The standard InChI is InChI=1S/C15H15BrN2O3/c1-2-3-14(19)17-10-4-6-11(7-5-10)18-15(20)12-8-9-13(16)21-12/h4-9H,2-3H2,1H3,(H,17,19)(H,18,20). The van der Waals surface area contributed by atoms with Crippen LogP contribution in [0.4, 0.5) is 11.4 Å². The fraction of sp³-hybridized carbons (Fsp3) is 0.200. The Balaban J connectivity index is 1.96.